The molecule has 8 nitrogen and oxygen atoms in total. The molecule has 4 rings (SSSR count). The first-order valence-corrected chi connectivity index (χ1v) is 11.3. The molecule has 28 heavy (non-hydrogen) atoms. The summed E-state index contributed by atoms with van der Waals surface area (Å²) in [6.45, 7) is 4.37. The second-order valence-electron chi connectivity index (χ2n) is 7.65. The summed E-state index contributed by atoms with van der Waals surface area (Å²) in [7, 11) is -3.67. The highest BCUT2D eigenvalue weighted by molar-refractivity contribution is 7.89. The third-order valence-electron chi connectivity index (χ3n) is 5.86. The first kappa shape index (κ1) is 19.2. The van der Waals surface area contributed by atoms with E-state index >= 15 is 0 Å². The van der Waals surface area contributed by atoms with E-state index in [4.69, 9.17) is 5.73 Å². The monoisotopic (exact) mass is 405 g/mol. The number of primary amides is 1. The van der Waals surface area contributed by atoms with Gasteiger partial charge in [0, 0.05) is 32.2 Å². The molecule has 1 aromatic rings. The van der Waals surface area contributed by atoms with E-state index in [0.717, 1.165) is 26.2 Å². The predicted molar refractivity (Wildman–Crippen MR) is 106 cm³/mol. The van der Waals surface area contributed by atoms with Crippen LogP contribution in [0.3, 0.4) is 0 Å². The van der Waals surface area contributed by atoms with Gasteiger partial charge in [0.15, 0.2) is 0 Å². The molecular weight excluding hydrogens is 378 g/mol. The molecule has 152 valence electrons. The van der Waals surface area contributed by atoms with Crippen LogP contribution in [0.2, 0.25) is 0 Å². The molecular formula is C19H27N5O3S. The van der Waals surface area contributed by atoms with Crippen molar-refractivity contribution in [2.75, 3.05) is 39.3 Å². The Hall–Kier alpha value is -2.13. The fourth-order valence-electron chi connectivity index (χ4n) is 4.05. The maximum atomic E-state index is 13.2. The van der Waals surface area contributed by atoms with Gasteiger partial charge in [-0.1, -0.05) is 18.6 Å². The van der Waals surface area contributed by atoms with Crippen molar-refractivity contribution in [2.45, 2.75) is 36.6 Å². The van der Waals surface area contributed by atoms with Crippen LogP contribution < -0.4 is 5.73 Å². The van der Waals surface area contributed by atoms with E-state index < -0.39 is 15.9 Å². The lowest BCUT2D eigenvalue weighted by molar-refractivity contribution is -0.117. The second kappa shape index (κ2) is 7.71. The Kier molecular flexibility index (Phi) is 5.29. The number of amides is 1. The van der Waals surface area contributed by atoms with Gasteiger partial charge in [0.25, 0.3) is 10.0 Å². The van der Waals surface area contributed by atoms with Crippen LogP contribution in [0.1, 0.15) is 24.8 Å². The van der Waals surface area contributed by atoms with Crippen LogP contribution >= 0.6 is 0 Å². The van der Waals surface area contributed by atoms with E-state index in [9.17, 15) is 13.2 Å². The van der Waals surface area contributed by atoms with Crippen molar-refractivity contribution < 1.29 is 13.2 Å². The summed E-state index contributed by atoms with van der Waals surface area (Å²) in [6.07, 6.45) is 3.99. The van der Waals surface area contributed by atoms with Crippen molar-refractivity contribution in [3.63, 3.8) is 0 Å². The lowest BCUT2D eigenvalue weighted by Crippen LogP contribution is -2.56. The molecule has 9 heteroatoms. The Bertz CT molecular complexity index is 856. The smallest absolute Gasteiger partial charge is 0.266 e. The number of carbonyl (C=O) groups is 1. The fraction of sp³-hybridized carbons (Fsp3) is 0.579. The highest BCUT2D eigenvalue weighted by Gasteiger charge is 2.36. The predicted octanol–water partition coefficient (Wildman–Crippen LogP) is 0.245. The lowest BCUT2D eigenvalue weighted by Gasteiger charge is -2.44. The molecule has 0 unspecified atom stereocenters. The number of benzene rings is 1. The van der Waals surface area contributed by atoms with Crippen LogP contribution in [0.15, 0.2) is 34.2 Å². The van der Waals surface area contributed by atoms with Crippen molar-refractivity contribution in [2.24, 2.45) is 10.7 Å². The first-order chi connectivity index (χ1) is 13.4. The fourth-order valence-corrected chi connectivity index (χ4v) is 5.50. The number of nitrogens with zero attached hydrogens (tertiary/aromatic N) is 4. The third-order valence-corrected chi connectivity index (χ3v) is 7.65. The molecule has 1 aliphatic carbocycles. The van der Waals surface area contributed by atoms with Gasteiger partial charge in [-0.2, -0.15) is 0 Å². The number of rotatable bonds is 5. The van der Waals surface area contributed by atoms with Crippen LogP contribution in [0, 0.1) is 0 Å². The summed E-state index contributed by atoms with van der Waals surface area (Å²) in [6, 6.07) is 7.08. The van der Waals surface area contributed by atoms with Crippen LogP contribution in [0.5, 0.6) is 0 Å². The van der Waals surface area contributed by atoms with Crippen LogP contribution in [0.4, 0.5) is 0 Å². The minimum absolute atomic E-state index is 0.0992. The zero-order chi connectivity index (χ0) is 19.7. The number of carbonyl (C=O) groups excluding carboxylic acids is 1. The molecule has 1 aromatic carbocycles. The summed E-state index contributed by atoms with van der Waals surface area (Å²) < 4.78 is 27.8. The first-order valence-electron chi connectivity index (χ1n) is 9.88. The molecule has 2 fully saturated rings. The maximum Gasteiger partial charge on any atom is 0.266 e. The number of hydrogen-bond acceptors (Lipinski definition) is 6. The molecule has 2 aliphatic heterocycles. The minimum Gasteiger partial charge on any atom is -0.369 e. The van der Waals surface area contributed by atoms with E-state index in [1.807, 2.05) is 0 Å². The molecule has 2 N–H and O–H groups in total. The summed E-state index contributed by atoms with van der Waals surface area (Å²) in [5, 5.41) is 0. The zero-order valence-corrected chi connectivity index (χ0v) is 16.8. The zero-order valence-electron chi connectivity index (χ0n) is 16.0. The Labute approximate surface area is 166 Å². The maximum absolute atomic E-state index is 13.2. The Morgan fingerprint density at radius 2 is 1.75 bits per heavy atom. The van der Waals surface area contributed by atoms with Crippen molar-refractivity contribution >= 4 is 21.9 Å². The summed E-state index contributed by atoms with van der Waals surface area (Å²) >= 11 is 0. The molecule has 3 aliphatic rings. The lowest BCUT2D eigenvalue weighted by atomic mass is 9.91. The second-order valence-corrected chi connectivity index (χ2v) is 9.52. The Morgan fingerprint density at radius 1 is 1.07 bits per heavy atom. The summed E-state index contributed by atoms with van der Waals surface area (Å²) in [5.74, 6) is 0.125. The van der Waals surface area contributed by atoms with Crippen molar-refractivity contribution in [1.82, 2.24) is 14.1 Å². The number of sulfonamides is 1. The largest absolute Gasteiger partial charge is 0.369 e. The Morgan fingerprint density at radius 3 is 2.32 bits per heavy atom. The van der Waals surface area contributed by atoms with Gasteiger partial charge < -0.3 is 10.6 Å². The number of aliphatic imine (C=N–C) groups is 1. The molecule has 0 spiro atoms. The van der Waals surface area contributed by atoms with Gasteiger partial charge in [0.1, 0.15) is 0 Å². The molecule has 0 bridgehead atoms. The molecule has 0 aromatic heterocycles. The van der Waals surface area contributed by atoms with Gasteiger partial charge in [0.2, 0.25) is 11.9 Å². The standard InChI is InChI=1S/C19H27N5O3S/c20-18(25)14-15-4-6-17(7-5-15)28(26,27)24-9-8-21-19(24)23-12-10-22(11-13-23)16-2-1-3-16/h4-7,16H,1-3,8-14H2,(H2,20,25). The van der Waals surface area contributed by atoms with E-state index in [0.29, 0.717) is 30.7 Å². The highest BCUT2D eigenvalue weighted by Crippen LogP contribution is 2.27. The summed E-state index contributed by atoms with van der Waals surface area (Å²) in [4.78, 5) is 20.4. The van der Waals surface area contributed by atoms with Gasteiger partial charge >= 0.3 is 0 Å². The molecule has 2 heterocycles. The van der Waals surface area contributed by atoms with Crippen molar-refractivity contribution in [1.29, 1.82) is 0 Å². The van der Waals surface area contributed by atoms with E-state index in [-0.39, 0.29) is 11.3 Å². The number of nitrogens with two attached hydrogens (primary N) is 1. The molecule has 1 saturated heterocycles. The van der Waals surface area contributed by atoms with E-state index in [1.165, 1.54) is 35.7 Å². The van der Waals surface area contributed by atoms with E-state index in [2.05, 4.69) is 14.8 Å². The molecule has 1 saturated carbocycles. The molecule has 1 amide bonds. The number of hydrogen-bond donors (Lipinski definition) is 1. The molecule has 0 atom stereocenters. The number of guanidine groups is 1. The summed E-state index contributed by atoms with van der Waals surface area (Å²) in [5.41, 5.74) is 5.90. The highest BCUT2D eigenvalue weighted by atomic mass is 32.2. The average Bonchev–Trinajstić information content (AvgIpc) is 3.11. The Balaban J connectivity index is 1.45. The quantitative estimate of drug-likeness (QED) is 0.757. The van der Waals surface area contributed by atoms with E-state index in [1.54, 1.807) is 12.1 Å². The van der Waals surface area contributed by atoms with Crippen LogP contribution in [-0.4, -0.2) is 79.7 Å². The normalized spacial score (nSPS) is 21.5. The van der Waals surface area contributed by atoms with Gasteiger partial charge in [0.05, 0.1) is 24.4 Å². The van der Waals surface area contributed by atoms with Gasteiger partial charge in [-0.3, -0.25) is 14.7 Å². The topological polar surface area (TPSA) is 99.3 Å². The molecule has 0 radical (unpaired) electrons. The van der Waals surface area contributed by atoms with Gasteiger partial charge in [-0.05, 0) is 30.5 Å². The van der Waals surface area contributed by atoms with Crippen LogP contribution in [-0.2, 0) is 21.2 Å². The van der Waals surface area contributed by atoms with Crippen molar-refractivity contribution in [3.8, 4) is 0 Å². The van der Waals surface area contributed by atoms with Crippen molar-refractivity contribution in [3.05, 3.63) is 29.8 Å². The third kappa shape index (κ3) is 3.73. The average molecular weight is 406 g/mol. The SMILES string of the molecule is NC(=O)Cc1ccc(S(=O)(=O)N2CCN=C2N2CCN(C3CCC3)CC2)cc1. The van der Waals surface area contributed by atoms with Crippen LogP contribution in [0.25, 0.3) is 0 Å². The van der Waals surface area contributed by atoms with Gasteiger partial charge in [-0.25, -0.2) is 12.7 Å². The number of piperazine rings is 1. The minimum atomic E-state index is -3.67. The van der Waals surface area contributed by atoms with Gasteiger partial charge in [-0.15, -0.1) is 0 Å².